The van der Waals surface area contributed by atoms with Crippen LogP contribution in [-0.2, 0) is 4.79 Å². The third-order valence-corrected chi connectivity index (χ3v) is 4.59. The van der Waals surface area contributed by atoms with Gasteiger partial charge in [-0.25, -0.2) is 4.98 Å². The first-order chi connectivity index (χ1) is 11.8. The lowest BCUT2D eigenvalue weighted by atomic mass is 10.1. The number of aromatic amines is 1. The second-order valence-electron chi connectivity index (χ2n) is 5.29. The number of carbonyl (C=O) groups excluding carboxylic acids is 2. The summed E-state index contributed by atoms with van der Waals surface area (Å²) in [6.07, 6.45) is 0.294. The Balaban J connectivity index is 2.22. The molecule has 0 aliphatic rings. The van der Waals surface area contributed by atoms with Crippen LogP contribution in [0.1, 0.15) is 29.3 Å². The van der Waals surface area contributed by atoms with Gasteiger partial charge in [-0.15, -0.1) is 0 Å². The van der Waals surface area contributed by atoms with E-state index in [4.69, 9.17) is 5.73 Å². The summed E-state index contributed by atoms with van der Waals surface area (Å²) in [6, 6.07) is 6.79. The van der Waals surface area contributed by atoms with Gasteiger partial charge in [0.05, 0.1) is 11.2 Å². The largest absolute Gasteiger partial charge is 0.549 e. The number of benzene rings is 1. The van der Waals surface area contributed by atoms with Crippen molar-refractivity contribution in [1.29, 1.82) is 0 Å². The Hall–Kier alpha value is -2.81. The first-order valence-electron chi connectivity index (χ1n) is 7.47. The third kappa shape index (κ3) is 4.60. The number of nitrogen functional groups attached to an aromatic ring is 1. The van der Waals surface area contributed by atoms with Crippen LogP contribution in [0.4, 0.5) is 11.5 Å². The number of nitrogens with one attached hydrogen (secondary N) is 2. The lowest BCUT2D eigenvalue weighted by Crippen LogP contribution is -2.33. The molecule has 132 valence electrons. The number of rotatable bonds is 6. The minimum absolute atomic E-state index is 0.0480. The summed E-state index contributed by atoms with van der Waals surface area (Å²) in [5, 5.41) is 12.6. The van der Waals surface area contributed by atoms with Crippen molar-refractivity contribution in [2.75, 3.05) is 11.1 Å². The molecule has 4 N–H and O–H groups in total. The highest BCUT2D eigenvalue weighted by Crippen LogP contribution is 2.23. The van der Waals surface area contributed by atoms with E-state index in [-0.39, 0.29) is 16.7 Å². The van der Waals surface area contributed by atoms with Gasteiger partial charge in [-0.2, -0.15) is 0 Å². The van der Waals surface area contributed by atoms with Crippen LogP contribution in [0.3, 0.4) is 0 Å². The molecule has 0 spiro atoms. The van der Waals surface area contributed by atoms with E-state index in [9.17, 15) is 19.5 Å². The number of H-pyrrole nitrogens is 1. The van der Waals surface area contributed by atoms with Crippen LogP contribution < -0.4 is 21.7 Å². The van der Waals surface area contributed by atoms with E-state index < -0.39 is 22.7 Å². The predicted octanol–water partition coefficient (Wildman–Crippen LogP) is 0.533. The average Bonchev–Trinajstić information content (AvgIpc) is 2.56. The second-order valence-corrected chi connectivity index (χ2v) is 6.48. The molecule has 0 radical (unpaired) electrons. The smallest absolute Gasteiger partial charge is 0.277 e. The van der Waals surface area contributed by atoms with Crippen LogP contribution in [0, 0.1) is 6.92 Å². The van der Waals surface area contributed by atoms with Crippen molar-refractivity contribution in [2.24, 2.45) is 0 Å². The summed E-state index contributed by atoms with van der Waals surface area (Å²) >= 11 is 0.829. The third-order valence-electron chi connectivity index (χ3n) is 3.37. The van der Waals surface area contributed by atoms with Crippen LogP contribution in [0.5, 0.6) is 0 Å². The number of carboxylic acid groups (broad SMARTS) is 1. The number of aromatic nitrogens is 2. The van der Waals surface area contributed by atoms with Gasteiger partial charge < -0.3 is 21.0 Å². The molecule has 0 aliphatic carbocycles. The number of hydrogen-bond donors (Lipinski definition) is 3. The van der Waals surface area contributed by atoms with Crippen molar-refractivity contribution in [3.05, 3.63) is 45.7 Å². The van der Waals surface area contributed by atoms with E-state index >= 15 is 0 Å². The number of anilines is 2. The van der Waals surface area contributed by atoms with E-state index in [1.54, 1.807) is 31.2 Å². The number of thioether (sulfide) groups is 1. The van der Waals surface area contributed by atoms with E-state index in [1.165, 1.54) is 0 Å². The molecule has 1 aromatic carbocycles. The van der Waals surface area contributed by atoms with Crippen molar-refractivity contribution in [3.8, 4) is 0 Å². The molecular weight excluding hydrogens is 344 g/mol. The highest BCUT2D eigenvalue weighted by atomic mass is 32.2. The zero-order valence-electron chi connectivity index (χ0n) is 13.7. The van der Waals surface area contributed by atoms with E-state index in [0.717, 1.165) is 17.3 Å². The molecule has 0 bridgehead atoms. The molecule has 2 rings (SSSR count). The number of nitrogens with zero attached hydrogens (tertiary/aromatic N) is 1. The Kier molecular flexibility index (Phi) is 5.81. The van der Waals surface area contributed by atoms with Crippen molar-refractivity contribution in [3.63, 3.8) is 0 Å². The predicted molar refractivity (Wildman–Crippen MR) is 93.3 cm³/mol. The molecule has 0 unspecified atom stereocenters. The summed E-state index contributed by atoms with van der Waals surface area (Å²) in [5.74, 6) is -1.95. The maximum atomic E-state index is 12.2. The van der Waals surface area contributed by atoms with Gasteiger partial charge in [-0.05, 0) is 25.5 Å². The normalized spacial score (nSPS) is 11.8. The van der Waals surface area contributed by atoms with Gasteiger partial charge in [-0.1, -0.05) is 36.4 Å². The highest BCUT2D eigenvalue weighted by Gasteiger charge is 2.16. The van der Waals surface area contributed by atoms with E-state index in [0.29, 0.717) is 12.0 Å². The van der Waals surface area contributed by atoms with Gasteiger partial charge in [0.2, 0.25) is 0 Å². The Morgan fingerprint density at radius 2 is 2.00 bits per heavy atom. The van der Waals surface area contributed by atoms with Gasteiger partial charge >= 0.3 is 0 Å². The average molecular weight is 361 g/mol. The number of aryl methyl sites for hydroxylation is 1. The van der Waals surface area contributed by atoms with Gasteiger partial charge in [0.25, 0.3) is 11.5 Å². The summed E-state index contributed by atoms with van der Waals surface area (Å²) < 4.78 is 0. The Morgan fingerprint density at radius 1 is 1.36 bits per heavy atom. The molecule has 0 saturated carbocycles. The van der Waals surface area contributed by atoms with Crippen molar-refractivity contribution in [2.45, 2.75) is 30.7 Å². The van der Waals surface area contributed by atoms with Crippen LogP contribution in [0.25, 0.3) is 0 Å². The van der Waals surface area contributed by atoms with Gasteiger partial charge in [0, 0.05) is 5.56 Å². The molecule has 1 aromatic heterocycles. The number of carboxylic acids is 1. The number of carbonyl (C=O) groups is 2. The quantitative estimate of drug-likeness (QED) is 0.503. The lowest BCUT2D eigenvalue weighted by Gasteiger charge is -2.15. The monoisotopic (exact) mass is 361 g/mol. The van der Waals surface area contributed by atoms with Gasteiger partial charge in [-0.3, -0.25) is 14.6 Å². The van der Waals surface area contributed by atoms with Crippen molar-refractivity contribution >= 4 is 35.1 Å². The maximum absolute atomic E-state index is 12.2. The lowest BCUT2D eigenvalue weighted by molar-refractivity contribution is -0.304. The summed E-state index contributed by atoms with van der Waals surface area (Å²) in [4.78, 5) is 41.7. The number of nitrogens with two attached hydrogens (primary N) is 1. The minimum atomic E-state index is -1.26. The zero-order valence-corrected chi connectivity index (χ0v) is 14.5. The van der Waals surface area contributed by atoms with Crippen LogP contribution in [0.15, 0.2) is 34.2 Å². The first kappa shape index (κ1) is 18.5. The molecule has 0 fully saturated rings. The molecular formula is C16H17N4O4S-. The summed E-state index contributed by atoms with van der Waals surface area (Å²) in [7, 11) is 0. The molecule has 2 aromatic rings. The molecule has 1 atom stereocenters. The molecule has 1 heterocycles. The second kappa shape index (κ2) is 7.84. The van der Waals surface area contributed by atoms with Crippen LogP contribution >= 0.6 is 11.8 Å². The number of hydrogen-bond acceptors (Lipinski definition) is 7. The fraction of sp³-hybridized carbons (Fsp3) is 0.250. The Morgan fingerprint density at radius 3 is 2.52 bits per heavy atom. The molecule has 8 nitrogen and oxygen atoms in total. The summed E-state index contributed by atoms with van der Waals surface area (Å²) in [6.45, 7) is 3.56. The van der Waals surface area contributed by atoms with Crippen LogP contribution in [0.2, 0.25) is 0 Å². The molecule has 1 amide bonds. The molecule has 0 saturated heterocycles. The Bertz CT molecular complexity index is 848. The number of amides is 1. The zero-order chi connectivity index (χ0) is 18.6. The highest BCUT2D eigenvalue weighted by molar-refractivity contribution is 8.00. The Labute approximate surface area is 147 Å². The van der Waals surface area contributed by atoms with E-state index in [2.05, 4.69) is 15.3 Å². The van der Waals surface area contributed by atoms with Gasteiger partial charge in [0.15, 0.2) is 11.0 Å². The van der Waals surface area contributed by atoms with Gasteiger partial charge in [0.1, 0.15) is 5.69 Å². The van der Waals surface area contributed by atoms with E-state index in [1.807, 2.05) is 6.92 Å². The summed E-state index contributed by atoms with van der Waals surface area (Å²) in [5.41, 5.74) is 6.26. The van der Waals surface area contributed by atoms with Crippen molar-refractivity contribution < 1.29 is 14.7 Å². The minimum Gasteiger partial charge on any atom is -0.549 e. The fourth-order valence-electron chi connectivity index (χ4n) is 1.97. The molecule has 9 heteroatoms. The SMILES string of the molecule is CC[C@@H](Sc1nc(N)c(NC(=O)c2ccc(C)cc2)c(=O)[nH]1)C(=O)[O-]. The topological polar surface area (TPSA) is 141 Å². The van der Waals surface area contributed by atoms with Crippen molar-refractivity contribution in [1.82, 2.24) is 9.97 Å². The maximum Gasteiger partial charge on any atom is 0.277 e. The fourth-order valence-corrected chi connectivity index (χ4v) is 2.80. The standard InChI is InChI=1S/C16H18N4O4S/c1-3-10(15(23)24)25-16-19-12(17)11(14(22)20-16)18-13(21)9-6-4-8(2)5-7-9/h4-7,10H,3H2,1-2H3,(H,18,21)(H,23,24)(H3,17,19,20,22)/p-1/t10-/m1/s1. The molecule has 25 heavy (non-hydrogen) atoms. The molecule has 0 aliphatic heterocycles. The first-order valence-corrected chi connectivity index (χ1v) is 8.35. The van der Waals surface area contributed by atoms with Crippen LogP contribution in [-0.4, -0.2) is 27.1 Å². The number of aliphatic carboxylic acids is 1.